The standard InChI is InChI=1S/C33H36OP.BrH/c1-26(20-21-32-27(2)24-28(34)25-33(32,3)4)22-23-35(29-14-8-5-9-15-29,30-16-10-6-11-17-30)31-18-12-7-13-19-31;/h5-19,22,28,34H,23-25H2,1-4H3;1H/q+1;/p-1. The normalized spacial score (nSPS) is 17.6. The number of allylic oxidation sites excluding steroid dienone is 3. The topological polar surface area (TPSA) is 20.2 Å². The first kappa shape index (κ1) is 28.1. The Bertz CT molecular complexity index is 1170. The molecule has 1 nitrogen and oxygen atoms in total. The number of aliphatic hydroxyl groups is 1. The summed E-state index contributed by atoms with van der Waals surface area (Å²) in [5, 5.41) is 14.4. The minimum atomic E-state index is -1.90. The largest absolute Gasteiger partial charge is 1.00 e. The Balaban J connectivity index is 0.00000361. The Morgan fingerprint density at radius 3 is 1.75 bits per heavy atom. The van der Waals surface area contributed by atoms with Crippen molar-refractivity contribution in [1.82, 2.24) is 0 Å². The van der Waals surface area contributed by atoms with Crippen molar-refractivity contribution in [3.05, 3.63) is 114 Å². The van der Waals surface area contributed by atoms with Gasteiger partial charge >= 0.3 is 0 Å². The van der Waals surface area contributed by atoms with Gasteiger partial charge in [-0.05, 0) is 74.7 Å². The van der Waals surface area contributed by atoms with E-state index in [1.807, 2.05) is 0 Å². The molecule has 36 heavy (non-hydrogen) atoms. The lowest BCUT2D eigenvalue weighted by Gasteiger charge is -2.34. The van der Waals surface area contributed by atoms with Crippen molar-refractivity contribution in [1.29, 1.82) is 0 Å². The summed E-state index contributed by atoms with van der Waals surface area (Å²) in [6.07, 6.45) is 4.49. The van der Waals surface area contributed by atoms with Gasteiger partial charge in [0.05, 0.1) is 12.3 Å². The van der Waals surface area contributed by atoms with Crippen LogP contribution in [0, 0.1) is 17.3 Å². The number of rotatable bonds is 5. The van der Waals surface area contributed by atoms with Crippen LogP contribution >= 0.6 is 7.26 Å². The fraction of sp³-hybridized carbons (Fsp3) is 0.273. The molecule has 3 aromatic carbocycles. The average Bonchev–Trinajstić information content (AvgIpc) is 2.85. The molecule has 0 spiro atoms. The van der Waals surface area contributed by atoms with Crippen molar-refractivity contribution in [2.45, 2.75) is 46.6 Å². The third-order valence-electron chi connectivity index (χ3n) is 7.04. The number of hydrogen-bond acceptors (Lipinski definition) is 1. The van der Waals surface area contributed by atoms with Gasteiger partial charge in [-0.15, -0.1) is 0 Å². The van der Waals surface area contributed by atoms with Crippen LogP contribution in [0.5, 0.6) is 0 Å². The fourth-order valence-corrected chi connectivity index (χ4v) is 9.49. The number of aliphatic hydroxyl groups excluding tert-OH is 1. The molecule has 3 aromatic rings. The SMILES string of the molecule is CC(C#CC1=C(C)CC(O)CC1(C)C)=CC[P+](c1ccccc1)(c1ccccc1)c1ccccc1.[Br-]. The van der Waals surface area contributed by atoms with E-state index in [9.17, 15) is 5.11 Å². The van der Waals surface area contributed by atoms with Gasteiger partial charge in [-0.1, -0.05) is 85.9 Å². The maximum Gasteiger partial charge on any atom is 0.116 e. The van der Waals surface area contributed by atoms with E-state index < -0.39 is 7.26 Å². The number of hydrogen-bond donors (Lipinski definition) is 1. The van der Waals surface area contributed by atoms with E-state index >= 15 is 0 Å². The molecule has 1 aliphatic rings. The molecule has 1 N–H and O–H groups in total. The first-order valence-electron chi connectivity index (χ1n) is 12.4. The van der Waals surface area contributed by atoms with Crippen LogP contribution in [0.3, 0.4) is 0 Å². The van der Waals surface area contributed by atoms with Crippen LogP contribution in [0.2, 0.25) is 0 Å². The molecule has 0 heterocycles. The van der Waals surface area contributed by atoms with E-state index in [-0.39, 0.29) is 28.5 Å². The quantitative estimate of drug-likeness (QED) is 0.376. The van der Waals surface area contributed by atoms with Crippen LogP contribution in [0.25, 0.3) is 0 Å². The van der Waals surface area contributed by atoms with Gasteiger partial charge in [0.25, 0.3) is 0 Å². The minimum absolute atomic E-state index is 0. The Hall–Kier alpha value is -2.43. The Kier molecular flexibility index (Phi) is 9.54. The van der Waals surface area contributed by atoms with Crippen LogP contribution in [-0.4, -0.2) is 17.4 Å². The summed E-state index contributed by atoms with van der Waals surface area (Å²) in [7, 11) is -1.90. The van der Waals surface area contributed by atoms with E-state index in [1.165, 1.54) is 27.1 Å². The predicted molar refractivity (Wildman–Crippen MR) is 153 cm³/mol. The Labute approximate surface area is 228 Å². The lowest BCUT2D eigenvalue weighted by molar-refractivity contribution is -0.0000116. The molecule has 0 bridgehead atoms. The van der Waals surface area contributed by atoms with Crippen molar-refractivity contribution < 1.29 is 22.1 Å². The van der Waals surface area contributed by atoms with Gasteiger partial charge in [-0.3, -0.25) is 0 Å². The molecular weight excluding hydrogens is 523 g/mol. The maximum absolute atomic E-state index is 10.2. The molecule has 3 heteroatoms. The van der Waals surface area contributed by atoms with E-state index in [4.69, 9.17) is 0 Å². The maximum atomic E-state index is 10.2. The molecule has 0 fully saturated rings. The molecule has 0 amide bonds. The molecular formula is C33H36BrOP. The first-order valence-corrected chi connectivity index (χ1v) is 14.4. The minimum Gasteiger partial charge on any atom is -1.00 e. The number of halogens is 1. The zero-order chi connectivity index (χ0) is 24.9. The molecule has 0 saturated carbocycles. The second kappa shape index (κ2) is 12.2. The smallest absolute Gasteiger partial charge is 0.116 e. The molecule has 0 aliphatic heterocycles. The van der Waals surface area contributed by atoms with Gasteiger partial charge in [0.15, 0.2) is 0 Å². The van der Waals surface area contributed by atoms with Gasteiger partial charge in [-0.25, -0.2) is 0 Å². The molecule has 1 unspecified atom stereocenters. The van der Waals surface area contributed by atoms with Crippen LogP contribution in [-0.2, 0) is 0 Å². The van der Waals surface area contributed by atoms with Crippen molar-refractivity contribution >= 4 is 23.2 Å². The highest BCUT2D eigenvalue weighted by atomic mass is 79.9. The van der Waals surface area contributed by atoms with E-state index in [0.29, 0.717) is 0 Å². The second-order valence-electron chi connectivity index (χ2n) is 10.2. The fourth-order valence-electron chi connectivity index (χ4n) is 5.37. The predicted octanol–water partition coefficient (Wildman–Crippen LogP) is 3.43. The molecule has 0 aromatic heterocycles. The highest BCUT2D eigenvalue weighted by molar-refractivity contribution is 7.95. The third kappa shape index (κ3) is 6.10. The molecule has 4 rings (SSSR count). The van der Waals surface area contributed by atoms with E-state index in [1.54, 1.807) is 0 Å². The van der Waals surface area contributed by atoms with Gasteiger partial charge < -0.3 is 22.1 Å². The molecule has 0 radical (unpaired) electrons. The van der Waals surface area contributed by atoms with Gasteiger partial charge in [0, 0.05) is 11.0 Å². The van der Waals surface area contributed by atoms with Gasteiger partial charge in [0.2, 0.25) is 0 Å². The monoisotopic (exact) mass is 558 g/mol. The lowest BCUT2D eigenvalue weighted by Crippen LogP contribution is -3.00. The van der Waals surface area contributed by atoms with Gasteiger partial charge in [-0.2, -0.15) is 0 Å². The molecule has 0 saturated heterocycles. The van der Waals surface area contributed by atoms with Crippen LogP contribution in [0.1, 0.15) is 40.5 Å². The summed E-state index contributed by atoms with van der Waals surface area (Å²) in [5.41, 5.74) is 3.41. The lowest BCUT2D eigenvalue weighted by atomic mass is 9.72. The van der Waals surface area contributed by atoms with E-state index in [0.717, 1.165) is 24.6 Å². The summed E-state index contributed by atoms with van der Waals surface area (Å²) in [5.74, 6) is 6.97. The Morgan fingerprint density at radius 2 is 1.33 bits per heavy atom. The van der Waals surface area contributed by atoms with Crippen LogP contribution in [0.15, 0.2) is 114 Å². The van der Waals surface area contributed by atoms with Crippen molar-refractivity contribution in [2.24, 2.45) is 5.41 Å². The zero-order valence-corrected chi connectivity index (χ0v) is 24.2. The van der Waals surface area contributed by atoms with Crippen molar-refractivity contribution in [3.63, 3.8) is 0 Å². The first-order chi connectivity index (χ1) is 16.8. The highest BCUT2D eigenvalue weighted by Gasteiger charge is 2.44. The number of benzene rings is 3. The highest BCUT2D eigenvalue weighted by Crippen LogP contribution is 2.55. The third-order valence-corrected chi connectivity index (χ3v) is 11.3. The van der Waals surface area contributed by atoms with Crippen LogP contribution in [0.4, 0.5) is 0 Å². The Morgan fingerprint density at radius 1 is 0.889 bits per heavy atom. The van der Waals surface area contributed by atoms with E-state index in [2.05, 4.69) is 137 Å². The van der Waals surface area contributed by atoms with Gasteiger partial charge in [0.1, 0.15) is 23.2 Å². The average molecular weight is 560 g/mol. The van der Waals surface area contributed by atoms with Crippen molar-refractivity contribution in [3.8, 4) is 11.8 Å². The van der Waals surface area contributed by atoms with Crippen molar-refractivity contribution in [2.75, 3.05) is 6.16 Å². The molecule has 1 atom stereocenters. The second-order valence-corrected chi connectivity index (χ2v) is 13.8. The summed E-state index contributed by atoms with van der Waals surface area (Å²) in [4.78, 5) is 0. The summed E-state index contributed by atoms with van der Waals surface area (Å²) < 4.78 is 0. The zero-order valence-electron chi connectivity index (χ0n) is 21.7. The van der Waals surface area contributed by atoms with Crippen LogP contribution < -0.4 is 32.9 Å². The summed E-state index contributed by atoms with van der Waals surface area (Å²) >= 11 is 0. The summed E-state index contributed by atoms with van der Waals surface area (Å²) in [6.45, 7) is 8.63. The molecule has 1 aliphatic carbocycles. The molecule has 186 valence electrons. The summed E-state index contributed by atoms with van der Waals surface area (Å²) in [6, 6.07) is 32.9.